The number of unbranched alkanes of at least 4 members (excludes halogenated alkanes) is 2. The maximum Gasteiger partial charge on any atom is 0.257 e. The molecule has 0 unspecified atom stereocenters. The van der Waals surface area contributed by atoms with Crippen LogP contribution in [0.4, 0.5) is 0 Å². The molecule has 1 aromatic carbocycles. The zero-order valence-corrected chi connectivity index (χ0v) is 18.6. The molecule has 0 spiro atoms. The van der Waals surface area contributed by atoms with Crippen LogP contribution in [-0.2, 0) is 11.2 Å². The molecule has 3 rings (SSSR count). The number of hydrogen-bond acceptors (Lipinski definition) is 3. The van der Waals surface area contributed by atoms with Crippen LogP contribution in [0.15, 0.2) is 30.5 Å². The van der Waals surface area contributed by atoms with E-state index in [9.17, 15) is 9.59 Å². The van der Waals surface area contributed by atoms with Crippen LogP contribution in [-0.4, -0.2) is 46.1 Å². The molecule has 0 saturated carbocycles. The molecule has 1 aromatic heterocycles. The molecule has 30 heavy (non-hydrogen) atoms. The molecule has 0 aliphatic carbocycles. The van der Waals surface area contributed by atoms with Crippen LogP contribution in [0.5, 0.6) is 0 Å². The molecule has 2 heterocycles. The van der Waals surface area contributed by atoms with Gasteiger partial charge in [-0.15, -0.1) is 0 Å². The molecule has 0 radical (unpaired) electrons. The maximum absolute atomic E-state index is 13.2. The first-order valence-corrected chi connectivity index (χ1v) is 11.3. The van der Waals surface area contributed by atoms with Gasteiger partial charge in [0.05, 0.1) is 23.1 Å². The summed E-state index contributed by atoms with van der Waals surface area (Å²) in [6.07, 6.45) is 7.04. The largest absolute Gasteiger partial charge is 0.356 e. The van der Waals surface area contributed by atoms with E-state index >= 15 is 0 Å². The van der Waals surface area contributed by atoms with Crippen molar-refractivity contribution in [3.05, 3.63) is 46.7 Å². The lowest BCUT2D eigenvalue weighted by Gasteiger charge is -2.31. The van der Waals surface area contributed by atoms with Gasteiger partial charge in [-0.3, -0.25) is 9.59 Å². The Morgan fingerprint density at radius 2 is 1.97 bits per heavy atom. The van der Waals surface area contributed by atoms with Crippen molar-refractivity contribution in [2.45, 2.75) is 52.4 Å². The van der Waals surface area contributed by atoms with Crippen LogP contribution >= 0.6 is 11.6 Å². The Hall–Kier alpha value is -2.34. The van der Waals surface area contributed by atoms with Crippen molar-refractivity contribution in [2.24, 2.45) is 5.92 Å². The first-order chi connectivity index (χ1) is 14.5. The van der Waals surface area contributed by atoms with Crippen LogP contribution in [0.2, 0.25) is 5.02 Å². The van der Waals surface area contributed by atoms with Crippen LogP contribution in [0, 0.1) is 5.92 Å². The van der Waals surface area contributed by atoms with Crippen LogP contribution in [0.25, 0.3) is 5.69 Å². The number of hydrogen-bond donors (Lipinski definition) is 1. The summed E-state index contributed by atoms with van der Waals surface area (Å²) in [6.45, 7) is 6.10. The van der Waals surface area contributed by atoms with Gasteiger partial charge >= 0.3 is 0 Å². The van der Waals surface area contributed by atoms with Gasteiger partial charge in [-0.2, -0.15) is 5.10 Å². The molecular weight excluding hydrogens is 400 g/mol. The van der Waals surface area contributed by atoms with Crippen LogP contribution in [0.1, 0.15) is 62.0 Å². The summed E-state index contributed by atoms with van der Waals surface area (Å²) in [5.41, 5.74) is 2.34. The van der Waals surface area contributed by atoms with Crippen molar-refractivity contribution in [3.63, 3.8) is 0 Å². The Morgan fingerprint density at radius 3 is 2.63 bits per heavy atom. The Morgan fingerprint density at radius 1 is 1.20 bits per heavy atom. The van der Waals surface area contributed by atoms with E-state index in [0.717, 1.165) is 37.2 Å². The van der Waals surface area contributed by atoms with Crippen molar-refractivity contribution in [3.8, 4) is 5.69 Å². The van der Waals surface area contributed by atoms with Crippen molar-refractivity contribution in [1.82, 2.24) is 20.0 Å². The number of rotatable bonds is 8. The number of amides is 2. The van der Waals surface area contributed by atoms with E-state index in [-0.39, 0.29) is 17.7 Å². The molecule has 7 heteroatoms. The molecule has 0 bridgehead atoms. The van der Waals surface area contributed by atoms with Crippen molar-refractivity contribution in [1.29, 1.82) is 0 Å². The summed E-state index contributed by atoms with van der Waals surface area (Å²) in [5, 5.41) is 8.13. The fraction of sp³-hybridized carbons (Fsp3) is 0.522. The number of nitrogens with zero attached hydrogens (tertiary/aromatic N) is 3. The Balaban J connectivity index is 1.62. The molecule has 1 fully saturated rings. The van der Waals surface area contributed by atoms with E-state index in [2.05, 4.69) is 17.3 Å². The topological polar surface area (TPSA) is 67.2 Å². The van der Waals surface area contributed by atoms with Gasteiger partial charge in [-0.05, 0) is 43.9 Å². The molecule has 1 aliphatic rings. The first-order valence-electron chi connectivity index (χ1n) is 10.9. The van der Waals surface area contributed by atoms with E-state index < -0.39 is 0 Å². The second kappa shape index (κ2) is 10.6. The standard InChI is InChI=1S/C23H31ClN4O2/c1-3-5-6-12-25-22(29)17-10-13-27(14-11-17)23(30)20-16-26-28(21(20)4-2)19-9-7-8-18(24)15-19/h7-9,15-17H,3-6,10-14H2,1-2H3,(H,25,29). The van der Waals surface area contributed by atoms with Crippen LogP contribution < -0.4 is 5.32 Å². The number of benzene rings is 1. The summed E-state index contributed by atoms with van der Waals surface area (Å²) < 4.78 is 1.79. The van der Waals surface area contributed by atoms with Gasteiger partial charge in [0.15, 0.2) is 0 Å². The highest BCUT2D eigenvalue weighted by molar-refractivity contribution is 6.30. The van der Waals surface area contributed by atoms with Gasteiger partial charge in [-0.1, -0.05) is 44.4 Å². The van der Waals surface area contributed by atoms with E-state index in [1.54, 1.807) is 10.9 Å². The number of piperidine rings is 1. The monoisotopic (exact) mass is 430 g/mol. The summed E-state index contributed by atoms with van der Waals surface area (Å²) in [4.78, 5) is 27.4. The fourth-order valence-electron chi connectivity index (χ4n) is 3.97. The number of likely N-dealkylation sites (tertiary alicyclic amines) is 1. The predicted octanol–water partition coefficient (Wildman–Crippen LogP) is 4.25. The highest BCUT2D eigenvalue weighted by Crippen LogP contribution is 2.23. The summed E-state index contributed by atoms with van der Waals surface area (Å²) >= 11 is 6.12. The molecule has 1 aliphatic heterocycles. The Labute approximate surface area is 183 Å². The summed E-state index contributed by atoms with van der Waals surface area (Å²) in [7, 11) is 0. The molecule has 6 nitrogen and oxygen atoms in total. The number of carbonyl (C=O) groups excluding carboxylic acids is 2. The van der Waals surface area contributed by atoms with Gasteiger partial charge < -0.3 is 10.2 Å². The Bertz CT molecular complexity index is 872. The van der Waals surface area contributed by atoms with E-state index in [1.807, 2.05) is 36.1 Å². The maximum atomic E-state index is 13.2. The number of aromatic nitrogens is 2. The minimum absolute atomic E-state index is 0.00416. The molecule has 0 atom stereocenters. The zero-order chi connectivity index (χ0) is 21.5. The average Bonchev–Trinajstić information content (AvgIpc) is 3.20. The number of carbonyl (C=O) groups is 2. The highest BCUT2D eigenvalue weighted by Gasteiger charge is 2.29. The van der Waals surface area contributed by atoms with Crippen molar-refractivity contribution < 1.29 is 9.59 Å². The normalized spacial score (nSPS) is 14.7. The number of nitrogens with one attached hydrogen (secondary N) is 1. The number of halogens is 1. The molecule has 1 saturated heterocycles. The third-order valence-corrected chi connectivity index (χ3v) is 5.95. The van der Waals surface area contributed by atoms with E-state index in [0.29, 0.717) is 42.9 Å². The van der Waals surface area contributed by atoms with Gasteiger partial charge in [-0.25, -0.2) is 4.68 Å². The highest BCUT2D eigenvalue weighted by atomic mass is 35.5. The summed E-state index contributed by atoms with van der Waals surface area (Å²) in [6, 6.07) is 7.46. The van der Waals surface area contributed by atoms with Crippen LogP contribution in [0.3, 0.4) is 0 Å². The second-order valence-electron chi connectivity index (χ2n) is 7.81. The molecule has 2 amide bonds. The van der Waals surface area contributed by atoms with Gasteiger partial charge in [0.25, 0.3) is 5.91 Å². The van der Waals surface area contributed by atoms with Crippen molar-refractivity contribution in [2.75, 3.05) is 19.6 Å². The lowest BCUT2D eigenvalue weighted by Crippen LogP contribution is -2.43. The third-order valence-electron chi connectivity index (χ3n) is 5.72. The molecule has 2 aromatic rings. The van der Waals surface area contributed by atoms with E-state index in [1.165, 1.54) is 0 Å². The molecule has 1 N–H and O–H groups in total. The quantitative estimate of drug-likeness (QED) is 0.636. The minimum Gasteiger partial charge on any atom is -0.356 e. The van der Waals surface area contributed by atoms with Gasteiger partial charge in [0.1, 0.15) is 0 Å². The minimum atomic E-state index is -0.0121. The molecular formula is C23H31ClN4O2. The van der Waals surface area contributed by atoms with E-state index in [4.69, 9.17) is 11.6 Å². The Kier molecular flexibility index (Phi) is 7.91. The second-order valence-corrected chi connectivity index (χ2v) is 8.25. The average molecular weight is 431 g/mol. The fourth-order valence-corrected chi connectivity index (χ4v) is 4.15. The van der Waals surface area contributed by atoms with Gasteiger partial charge in [0.2, 0.25) is 5.91 Å². The molecule has 162 valence electrons. The lowest BCUT2D eigenvalue weighted by molar-refractivity contribution is -0.126. The van der Waals surface area contributed by atoms with Gasteiger partial charge in [0, 0.05) is 30.6 Å². The predicted molar refractivity (Wildman–Crippen MR) is 119 cm³/mol. The summed E-state index contributed by atoms with van der Waals surface area (Å²) in [5.74, 6) is 0.110. The first kappa shape index (κ1) is 22.3. The smallest absolute Gasteiger partial charge is 0.257 e. The lowest BCUT2D eigenvalue weighted by atomic mass is 9.95. The zero-order valence-electron chi connectivity index (χ0n) is 17.9. The third kappa shape index (κ3) is 5.22. The SMILES string of the molecule is CCCCCNC(=O)C1CCN(C(=O)c2cnn(-c3cccc(Cl)c3)c2CC)CC1. The van der Waals surface area contributed by atoms with Crippen molar-refractivity contribution >= 4 is 23.4 Å².